The molecule has 7 nitrogen and oxygen atoms in total. The standard InChI is InChI=1S/C22H18N4O3S3/c1-3-9-29-21(28)18-13(2)32-22(26-18)25-16(27)11-31-20-17-15(14-7-5-4-6-8-14)10-30-19(17)23-12-24-20/h3-8,10,12H,1,9,11H2,2H3,(H,25,26,27). The molecule has 3 aromatic heterocycles. The minimum absolute atomic E-state index is 0.106. The van der Waals surface area contributed by atoms with Gasteiger partial charge in [0.1, 0.15) is 22.8 Å². The largest absolute Gasteiger partial charge is 0.457 e. The molecule has 0 aliphatic carbocycles. The number of aromatic nitrogens is 3. The molecule has 0 fully saturated rings. The van der Waals surface area contributed by atoms with E-state index in [4.69, 9.17) is 4.74 Å². The first-order valence-corrected chi connectivity index (χ1v) is 12.2. The Bertz CT molecular complexity index is 1280. The topological polar surface area (TPSA) is 94.1 Å². The number of anilines is 1. The van der Waals surface area contributed by atoms with Crippen LogP contribution in [0.4, 0.5) is 5.13 Å². The Morgan fingerprint density at radius 3 is 2.84 bits per heavy atom. The number of rotatable bonds is 8. The van der Waals surface area contributed by atoms with Crippen molar-refractivity contribution in [3.63, 3.8) is 0 Å². The zero-order chi connectivity index (χ0) is 22.5. The number of thiophene rings is 1. The van der Waals surface area contributed by atoms with Gasteiger partial charge in [0.15, 0.2) is 10.8 Å². The Hall–Kier alpha value is -3.08. The zero-order valence-corrected chi connectivity index (χ0v) is 19.5. The number of carbonyl (C=O) groups is 2. The van der Waals surface area contributed by atoms with Crippen LogP contribution in [0.2, 0.25) is 0 Å². The predicted octanol–water partition coefficient (Wildman–Crippen LogP) is 5.20. The van der Waals surface area contributed by atoms with Crippen LogP contribution in [0.25, 0.3) is 21.3 Å². The molecule has 0 atom stereocenters. The van der Waals surface area contributed by atoms with Crippen molar-refractivity contribution in [2.45, 2.75) is 11.9 Å². The molecular weight excluding hydrogens is 464 g/mol. The van der Waals surface area contributed by atoms with Crippen LogP contribution in [0.5, 0.6) is 0 Å². The zero-order valence-electron chi connectivity index (χ0n) is 17.0. The average Bonchev–Trinajstić information content (AvgIpc) is 3.40. The Labute approximate surface area is 196 Å². The van der Waals surface area contributed by atoms with Gasteiger partial charge < -0.3 is 10.1 Å². The van der Waals surface area contributed by atoms with Gasteiger partial charge in [0.05, 0.1) is 11.1 Å². The van der Waals surface area contributed by atoms with Crippen LogP contribution in [-0.2, 0) is 9.53 Å². The SMILES string of the molecule is C=CCOC(=O)c1nc(NC(=O)CSc2ncnc3scc(-c4ccccc4)c23)sc1C. The van der Waals surface area contributed by atoms with E-state index in [0.29, 0.717) is 10.0 Å². The van der Waals surface area contributed by atoms with E-state index in [2.05, 4.69) is 32.2 Å². The lowest BCUT2D eigenvalue weighted by Crippen LogP contribution is -2.14. The first kappa shape index (κ1) is 22.1. The first-order chi connectivity index (χ1) is 15.6. The lowest BCUT2D eigenvalue weighted by molar-refractivity contribution is -0.113. The number of benzene rings is 1. The summed E-state index contributed by atoms with van der Waals surface area (Å²) in [5, 5.41) is 6.85. The maximum Gasteiger partial charge on any atom is 0.358 e. The molecule has 0 aliphatic rings. The molecule has 10 heteroatoms. The smallest absolute Gasteiger partial charge is 0.358 e. The van der Waals surface area contributed by atoms with E-state index in [-0.39, 0.29) is 24.0 Å². The molecule has 4 aromatic rings. The molecule has 0 bridgehead atoms. The highest BCUT2D eigenvalue weighted by molar-refractivity contribution is 8.00. The number of ether oxygens (including phenoxy) is 1. The predicted molar refractivity (Wildman–Crippen MR) is 130 cm³/mol. The van der Waals surface area contributed by atoms with Crippen molar-refractivity contribution in [1.29, 1.82) is 0 Å². The fraction of sp³-hybridized carbons (Fsp3) is 0.136. The number of hydrogen-bond donors (Lipinski definition) is 1. The van der Waals surface area contributed by atoms with Gasteiger partial charge in [-0.15, -0.1) is 22.7 Å². The highest BCUT2D eigenvalue weighted by Gasteiger charge is 2.19. The molecular formula is C22H18N4O3S3. The van der Waals surface area contributed by atoms with Gasteiger partial charge >= 0.3 is 5.97 Å². The van der Waals surface area contributed by atoms with E-state index in [1.807, 2.05) is 30.3 Å². The summed E-state index contributed by atoms with van der Waals surface area (Å²) >= 11 is 4.11. The number of esters is 1. The van der Waals surface area contributed by atoms with Gasteiger partial charge in [0.2, 0.25) is 5.91 Å². The molecule has 3 heterocycles. The highest BCUT2D eigenvalue weighted by atomic mass is 32.2. The quantitative estimate of drug-likeness (QED) is 0.160. The molecule has 0 radical (unpaired) electrons. The van der Waals surface area contributed by atoms with Crippen LogP contribution in [-0.4, -0.2) is 39.2 Å². The van der Waals surface area contributed by atoms with Gasteiger partial charge in [-0.3, -0.25) is 4.79 Å². The van der Waals surface area contributed by atoms with E-state index in [9.17, 15) is 9.59 Å². The van der Waals surface area contributed by atoms with Gasteiger partial charge in [-0.1, -0.05) is 54.7 Å². The molecule has 0 unspecified atom stereocenters. The normalized spacial score (nSPS) is 10.8. The van der Waals surface area contributed by atoms with Crippen LogP contribution in [0.1, 0.15) is 15.4 Å². The number of carbonyl (C=O) groups excluding carboxylic acids is 2. The second-order valence-corrected chi connectivity index (χ2v) is 9.55. The Kier molecular flexibility index (Phi) is 6.93. The Morgan fingerprint density at radius 2 is 2.06 bits per heavy atom. The van der Waals surface area contributed by atoms with Gasteiger partial charge in [-0.05, 0) is 12.5 Å². The van der Waals surface area contributed by atoms with Crippen molar-refractivity contribution in [2.75, 3.05) is 17.7 Å². The lowest BCUT2D eigenvalue weighted by Gasteiger charge is -2.05. The molecule has 162 valence electrons. The molecule has 4 rings (SSSR count). The number of hydrogen-bond acceptors (Lipinski definition) is 9. The minimum atomic E-state index is -0.539. The lowest BCUT2D eigenvalue weighted by atomic mass is 10.1. The van der Waals surface area contributed by atoms with E-state index < -0.39 is 5.97 Å². The fourth-order valence-electron chi connectivity index (χ4n) is 2.92. The van der Waals surface area contributed by atoms with E-state index in [1.54, 1.807) is 18.3 Å². The van der Waals surface area contributed by atoms with Crippen LogP contribution < -0.4 is 5.32 Å². The third kappa shape index (κ3) is 4.87. The number of aryl methyl sites for hydroxylation is 1. The molecule has 0 saturated carbocycles. The third-order valence-electron chi connectivity index (χ3n) is 4.33. The van der Waals surface area contributed by atoms with Crippen LogP contribution in [0.15, 0.2) is 59.7 Å². The molecule has 1 aromatic carbocycles. The van der Waals surface area contributed by atoms with Crippen LogP contribution in [0.3, 0.4) is 0 Å². The van der Waals surface area contributed by atoms with Crippen LogP contribution >= 0.6 is 34.4 Å². The fourth-order valence-corrected chi connectivity index (χ4v) is 5.53. The number of thioether (sulfide) groups is 1. The number of amides is 1. The van der Waals surface area contributed by atoms with E-state index in [1.165, 1.54) is 35.5 Å². The molecule has 0 saturated heterocycles. The molecule has 1 N–H and O–H groups in total. The van der Waals surface area contributed by atoms with Crippen molar-refractivity contribution in [1.82, 2.24) is 15.0 Å². The van der Waals surface area contributed by atoms with Gasteiger partial charge in [-0.25, -0.2) is 19.7 Å². The number of nitrogens with zero attached hydrogens (tertiary/aromatic N) is 3. The minimum Gasteiger partial charge on any atom is -0.457 e. The maximum absolute atomic E-state index is 12.5. The number of fused-ring (bicyclic) bond motifs is 1. The summed E-state index contributed by atoms with van der Waals surface area (Å²) in [4.78, 5) is 39.1. The summed E-state index contributed by atoms with van der Waals surface area (Å²) < 4.78 is 5.02. The summed E-state index contributed by atoms with van der Waals surface area (Å²) in [6, 6.07) is 10.0. The van der Waals surface area contributed by atoms with Crippen molar-refractivity contribution in [2.24, 2.45) is 0 Å². The number of nitrogens with one attached hydrogen (secondary N) is 1. The average molecular weight is 483 g/mol. The monoisotopic (exact) mass is 482 g/mol. The van der Waals surface area contributed by atoms with E-state index in [0.717, 1.165) is 26.4 Å². The summed E-state index contributed by atoms with van der Waals surface area (Å²) in [5.41, 5.74) is 2.32. The Balaban J connectivity index is 1.47. The molecule has 32 heavy (non-hydrogen) atoms. The summed E-state index contributed by atoms with van der Waals surface area (Å²) in [6.45, 7) is 5.38. The first-order valence-electron chi connectivity index (χ1n) is 9.52. The van der Waals surface area contributed by atoms with Crippen LogP contribution in [0, 0.1) is 6.92 Å². The van der Waals surface area contributed by atoms with Crippen molar-refractivity contribution in [3.05, 3.63) is 65.3 Å². The highest BCUT2D eigenvalue weighted by Crippen LogP contribution is 2.37. The maximum atomic E-state index is 12.5. The molecule has 0 spiro atoms. The summed E-state index contributed by atoms with van der Waals surface area (Å²) in [6.07, 6.45) is 3.00. The van der Waals surface area contributed by atoms with Gasteiger partial charge in [-0.2, -0.15) is 0 Å². The number of thiazole rings is 1. The van der Waals surface area contributed by atoms with Crippen molar-refractivity contribution >= 4 is 61.7 Å². The summed E-state index contributed by atoms with van der Waals surface area (Å²) in [7, 11) is 0. The molecule has 1 amide bonds. The van der Waals surface area contributed by atoms with Gasteiger partial charge in [0.25, 0.3) is 0 Å². The van der Waals surface area contributed by atoms with Gasteiger partial charge in [0, 0.05) is 15.8 Å². The van der Waals surface area contributed by atoms with Crippen molar-refractivity contribution in [3.8, 4) is 11.1 Å². The summed E-state index contributed by atoms with van der Waals surface area (Å²) in [5.74, 6) is -0.633. The second-order valence-electron chi connectivity index (χ2n) is 6.52. The van der Waals surface area contributed by atoms with Crippen molar-refractivity contribution < 1.29 is 14.3 Å². The molecule has 0 aliphatic heterocycles. The van der Waals surface area contributed by atoms with E-state index >= 15 is 0 Å². The Morgan fingerprint density at radius 1 is 1.25 bits per heavy atom. The third-order valence-corrected chi connectivity index (χ3v) is 7.09. The second kappa shape index (κ2) is 10.0.